The summed E-state index contributed by atoms with van der Waals surface area (Å²) in [6.45, 7) is 5.16. The standard InChI is InChI=1S/C31H28N4O3S/c1-21(2)25-15-26(31-30(24-13-14-39-20-24)27(34-38-31)17-33-35-32)29(37-19-23-11-7-4-8-12-23)16-28(25)36-18-22-9-5-3-6-10-22/h3-16,20-21H,17-19H2,1-2H3. The fourth-order valence-corrected chi connectivity index (χ4v) is 4.99. The molecule has 7 nitrogen and oxygen atoms in total. The molecule has 0 unspecified atom stereocenters. The molecule has 5 rings (SSSR count). The predicted molar refractivity (Wildman–Crippen MR) is 154 cm³/mol. The first-order valence-electron chi connectivity index (χ1n) is 12.7. The molecule has 0 atom stereocenters. The molecule has 39 heavy (non-hydrogen) atoms. The van der Waals surface area contributed by atoms with Gasteiger partial charge in [0.1, 0.15) is 24.7 Å². The van der Waals surface area contributed by atoms with E-state index >= 15 is 0 Å². The van der Waals surface area contributed by atoms with E-state index in [1.165, 1.54) is 0 Å². The third-order valence-corrected chi connectivity index (χ3v) is 6.99. The Balaban J connectivity index is 1.62. The van der Waals surface area contributed by atoms with Crippen molar-refractivity contribution in [3.63, 3.8) is 0 Å². The smallest absolute Gasteiger partial charge is 0.178 e. The number of aromatic nitrogens is 1. The Morgan fingerprint density at radius 2 is 1.59 bits per heavy atom. The number of rotatable bonds is 11. The quantitative estimate of drug-likeness (QED) is 0.0955. The molecule has 2 aromatic heterocycles. The van der Waals surface area contributed by atoms with Gasteiger partial charge in [-0.3, -0.25) is 0 Å². The summed E-state index contributed by atoms with van der Waals surface area (Å²) in [5.41, 5.74) is 15.2. The number of azide groups is 1. The minimum atomic E-state index is 0.0840. The molecule has 3 aromatic carbocycles. The SMILES string of the molecule is CC(C)c1cc(-c2onc(CN=[N+]=[N-])c2-c2ccsc2)c(OCc2ccccc2)cc1OCc1ccccc1. The molecule has 0 fully saturated rings. The van der Waals surface area contributed by atoms with E-state index in [1.54, 1.807) is 11.3 Å². The van der Waals surface area contributed by atoms with Gasteiger partial charge in [0, 0.05) is 11.0 Å². The first-order valence-corrected chi connectivity index (χ1v) is 13.6. The molecular formula is C31H28N4O3S. The summed E-state index contributed by atoms with van der Waals surface area (Å²) in [4.78, 5) is 2.92. The van der Waals surface area contributed by atoms with Crippen LogP contribution in [-0.2, 0) is 19.8 Å². The van der Waals surface area contributed by atoms with E-state index in [4.69, 9.17) is 19.5 Å². The topological polar surface area (TPSA) is 93.3 Å². The van der Waals surface area contributed by atoms with E-state index in [0.717, 1.165) is 39.1 Å². The predicted octanol–water partition coefficient (Wildman–Crippen LogP) is 9.16. The van der Waals surface area contributed by atoms with Gasteiger partial charge in [-0.2, -0.15) is 11.3 Å². The molecule has 0 bridgehead atoms. The maximum atomic E-state index is 8.92. The van der Waals surface area contributed by atoms with Gasteiger partial charge in [-0.25, -0.2) is 0 Å². The van der Waals surface area contributed by atoms with Gasteiger partial charge in [-0.15, -0.1) is 0 Å². The van der Waals surface area contributed by atoms with Crippen molar-refractivity contribution in [3.8, 4) is 33.9 Å². The van der Waals surface area contributed by atoms with E-state index in [0.29, 0.717) is 30.4 Å². The molecule has 0 aliphatic heterocycles. The van der Waals surface area contributed by atoms with Crippen molar-refractivity contribution in [2.45, 2.75) is 39.5 Å². The number of hydrogen-bond acceptors (Lipinski definition) is 6. The second-order valence-electron chi connectivity index (χ2n) is 9.32. The summed E-state index contributed by atoms with van der Waals surface area (Å²) < 4.78 is 18.7. The van der Waals surface area contributed by atoms with Crippen LogP contribution >= 0.6 is 11.3 Å². The van der Waals surface area contributed by atoms with Gasteiger partial charge in [-0.1, -0.05) is 84.8 Å². The van der Waals surface area contributed by atoms with E-state index in [1.807, 2.05) is 83.6 Å². The highest BCUT2D eigenvalue weighted by Gasteiger charge is 2.25. The molecule has 0 saturated heterocycles. The number of hydrogen-bond donors (Lipinski definition) is 0. The molecule has 196 valence electrons. The van der Waals surface area contributed by atoms with Gasteiger partial charge < -0.3 is 14.0 Å². The summed E-state index contributed by atoms with van der Waals surface area (Å²) in [7, 11) is 0. The van der Waals surface area contributed by atoms with Gasteiger partial charge in [0.15, 0.2) is 5.76 Å². The molecule has 0 saturated carbocycles. The summed E-state index contributed by atoms with van der Waals surface area (Å²) in [5, 5.41) is 12.1. The van der Waals surface area contributed by atoms with Crippen molar-refractivity contribution in [3.05, 3.63) is 122 Å². The van der Waals surface area contributed by atoms with Gasteiger partial charge >= 0.3 is 0 Å². The largest absolute Gasteiger partial charge is 0.488 e. The third kappa shape index (κ3) is 6.14. The molecule has 0 amide bonds. The van der Waals surface area contributed by atoms with Crippen LogP contribution in [0, 0.1) is 0 Å². The van der Waals surface area contributed by atoms with Crippen LogP contribution in [0.25, 0.3) is 32.9 Å². The van der Waals surface area contributed by atoms with Crippen molar-refractivity contribution >= 4 is 11.3 Å². The zero-order valence-corrected chi connectivity index (χ0v) is 22.6. The van der Waals surface area contributed by atoms with Crippen LogP contribution in [0.3, 0.4) is 0 Å². The van der Waals surface area contributed by atoms with E-state index in [-0.39, 0.29) is 12.5 Å². The summed E-state index contributed by atoms with van der Waals surface area (Å²) in [5.74, 6) is 2.12. The van der Waals surface area contributed by atoms with E-state index < -0.39 is 0 Å². The van der Waals surface area contributed by atoms with E-state index in [9.17, 15) is 0 Å². The van der Waals surface area contributed by atoms with Crippen molar-refractivity contribution in [1.29, 1.82) is 0 Å². The maximum Gasteiger partial charge on any atom is 0.178 e. The fourth-order valence-electron chi connectivity index (χ4n) is 4.34. The lowest BCUT2D eigenvalue weighted by molar-refractivity contribution is 0.287. The molecular weight excluding hydrogens is 508 g/mol. The lowest BCUT2D eigenvalue weighted by atomic mass is 9.95. The van der Waals surface area contributed by atoms with Crippen molar-refractivity contribution in [2.75, 3.05) is 0 Å². The van der Waals surface area contributed by atoms with Crippen molar-refractivity contribution in [2.24, 2.45) is 5.11 Å². The number of nitrogens with zero attached hydrogens (tertiary/aromatic N) is 4. The first-order chi connectivity index (χ1) is 19.1. The second-order valence-corrected chi connectivity index (χ2v) is 10.1. The highest BCUT2D eigenvalue weighted by Crippen LogP contribution is 2.44. The minimum Gasteiger partial charge on any atom is -0.488 e. The van der Waals surface area contributed by atoms with Crippen molar-refractivity contribution in [1.82, 2.24) is 5.16 Å². The van der Waals surface area contributed by atoms with Gasteiger partial charge in [-0.05, 0) is 56.6 Å². The zero-order chi connectivity index (χ0) is 27.0. The summed E-state index contributed by atoms with van der Waals surface area (Å²) >= 11 is 1.58. The summed E-state index contributed by atoms with van der Waals surface area (Å²) in [6, 6.07) is 26.1. The highest BCUT2D eigenvalue weighted by molar-refractivity contribution is 7.08. The Morgan fingerprint density at radius 1 is 0.923 bits per heavy atom. The van der Waals surface area contributed by atoms with Crippen LogP contribution < -0.4 is 9.47 Å². The molecule has 0 aliphatic rings. The lowest BCUT2D eigenvalue weighted by Crippen LogP contribution is -2.03. The molecule has 0 aliphatic carbocycles. The Morgan fingerprint density at radius 3 is 2.18 bits per heavy atom. The Bertz CT molecular complexity index is 1560. The molecule has 2 heterocycles. The zero-order valence-electron chi connectivity index (χ0n) is 21.8. The highest BCUT2D eigenvalue weighted by atomic mass is 32.1. The Labute approximate surface area is 231 Å². The monoisotopic (exact) mass is 536 g/mol. The van der Waals surface area contributed by atoms with E-state index in [2.05, 4.69) is 35.1 Å². The minimum absolute atomic E-state index is 0.0840. The summed E-state index contributed by atoms with van der Waals surface area (Å²) in [6.07, 6.45) is 0. The molecule has 0 spiro atoms. The second kappa shape index (κ2) is 12.3. The molecule has 0 radical (unpaired) electrons. The van der Waals surface area contributed by atoms with Crippen LogP contribution in [0.15, 0.2) is 99.3 Å². The number of ether oxygens (including phenoxy) is 2. The molecule has 8 heteroatoms. The molecule has 5 aromatic rings. The van der Waals surface area contributed by atoms with Crippen LogP contribution in [-0.4, -0.2) is 5.16 Å². The fraction of sp³-hybridized carbons (Fsp3) is 0.194. The maximum absolute atomic E-state index is 8.92. The van der Waals surface area contributed by atoms with Crippen LogP contribution in [0.4, 0.5) is 0 Å². The average molecular weight is 537 g/mol. The number of benzene rings is 3. The average Bonchev–Trinajstić information content (AvgIpc) is 3.64. The Hall–Kier alpha value is -4.52. The number of thiophene rings is 1. The third-order valence-electron chi connectivity index (χ3n) is 6.31. The van der Waals surface area contributed by atoms with Gasteiger partial charge in [0.25, 0.3) is 0 Å². The van der Waals surface area contributed by atoms with Gasteiger partial charge in [0.05, 0.1) is 23.4 Å². The van der Waals surface area contributed by atoms with Crippen LogP contribution in [0.2, 0.25) is 0 Å². The van der Waals surface area contributed by atoms with Gasteiger partial charge in [0.2, 0.25) is 0 Å². The van der Waals surface area contributed by atoms with Crippen LogP contribution in [0.5, 0.6) is 11.5 Å². The Kier molecular flexibility index (Phi) is 8.26. The normalized spacial score (nSPS) is 10.8. The van der Waals surface area contributed by atoms with Crippen LogP contribution in [0.1, 0.15) is 42.1 Å². The lowest BCUT2D eigenvalue weighted by Gasteiger charge is -2.19. The van der Waals surface area contributed by atoms with Crippen molar-refractivity contribution < 1.29 is 14.0 Å². The molecule has 0 N–H and O–H groups in total. The first kappa shape index (κ1) is 26.1.